The number of hydrogen-bond donors (Lipinski definition) is 2. The molecule has 7 heteroatoms. The number of nitrogens with one attached hydrogen (secondary N) is 1. The Morgan fingerprint density at radius 2 is 1.88 bits per heavy atom. The zero-order chi connectivity index (χ0) is 23.2. The van der Waals surface area contributed by atoms with Crippen LogP contribution < -0.4 is 5.32 Å². The molecule has 1 amide bonds. The number of carbonyl (C=O) groups excluding carboxylic acids is 1. The largest absolute Gasteiger partial charge is 0.508 e. The smallest absolute Gasteiger partial charge is 0.253 e. The topological polar surface area (TPSA) is 82.8 Å². The van der Waals surface area contributed by atoms with Gasteiger partial charge in [-0.25, -0.2) is 4.98 Å². The standard InChI is InChI=1S/C26H25N5O2/c1-3-13-28-26(33)21-7-10-24-29-25(20-5-8-22(32)9-6-20)23(31(24)17-21)18-30(4-2)16-19-11-14-27-15-12-19/h1,5-12,14-15,17,32H,4,13,16,18H2,2H3,(H,28,33). The van der Waals surface area contributed by atoms with E-state index in [2.05, 4.69) is 28.0 Å². The van der Waals surface area contributed by atoms with Crippen molar-refractivity contribution in [1.82, 2.24) is 24.6 Å². The number of terminal acetylenes is 1. The van der Waals surface area contributed by atoms with Gasteiger partial charge >= 0.3 is 0 Å². The number of amides is 1. The van der Waals surface area contributed by atoms with Gasteiger partial charge in [0.1, 0.15) is 11.4 Å². The van der Waals surface area contributed by atoms with E-state index in [-0.39, 0.29) is 18.2 Å². The van der Waals surface area contributed by atoms with Crippen molar-refractivity contribution in [3.63, 3.8) is 0 Å². The first kappa shape index (κ1) is 22.1. The number of hydrogen-bond acceptors (Lipinski definition) is 5. The second kappa shape index (κ2) is 9.98. The van der Waals surface area contributed by atoms with E-state index in [1.165, 1.54) is 5.56 Å². The molecule has 0 bridgehead atoms. The van der Waals surface area contributed by atoms with Crippen molar-refractivity contribution in [2.45, 2.75) is 20.0 Å². The number of aromatic hydroxyl groups is 1. The molecule has 0 aliphatic heterocycles. The molecule has 4 rings (SSSR count). The van der Waals surface area contributed by atoms with E-state index >= 15 is 0 Å². The summed E-state index contributed by atoms with van der Waals surface area (Å²) in [6, 6.07) is 14.6. The Labute approximate surface area is 192 Å². The van der Waals surface area contributed by atoms with Gasteiger partial charge in [0.15, 0.2) is 0 Å². The van der Waals surface area contributed by atoms with Gasteiger partial charge in [0.25, 0.3) is 5.91 Å². The molecule has 166 valence electrons. The maximum atomic E-state index is 12.5. The molecule has 0 spiro atoms. The molecule has 0 unspecified atom stereocenters. The Kier molecular flexibility index (Phi) is 6.67. The molecule has 4 aromatic rings. The molecule has 3 heterocycles. The number of carbonyl (C=O) groups is 1. The predicted molar refractivity (Wildman–Crippen MR) is 127 cm³/mol. The van der Waals surface area contributed by atoms with Gasteiger partial charge in [-0.2, -0.15) is 0 Å². The third-order valence-corrected chi connectivity index (χ3v) is 5.45. The Morgan fingerprint density at radius 3 is 2.58 bits per heavy atom. The summed E-state index contributed by atoms with van der Waals surface area (Å²) in [4.78, 5) is 23.8. The lowest BCUT2D eigenvalue weighted by molar-refractivity contribution is 0.0958. The van der Waals surface area contributed by atoms with Crippen LogP contribution in [-0.4, -0.2) is 43.4 Å². The fourth-order valence-corrected chi connectivity index (χ4v) is 3.70. The van der Waals surface area contributed by atoms with Crippen molar-refractivity contribution in [3.8, 4) is 29.4 Å². The monoisotopic (exact) mass is 439 g/mol. The number of fused-ring (bicyclic) bond motifs is 1. The van der Waals surface area contributed by atoms with Crippen LogP contribution in [0.15, 0.2) is 67.1 Å². The van der Waals surface area contributed by atoms with Crippen molar-refractivity contribution >= 4 is 11.6 Å². The van der Waals surface area contributed by atoms with Crippen molar-refractivity contribution in [1.29, 1.82) is 0 Å². The summed E-state index contributed by atoms with van der Waals surface area (Å²) in [7, 11) is 0. The molecule has 0 aliphatic rings. The molecule has 0 fully saturated rings. The average molecular weight is 440 g/mol. The highest BCUT2D eigenvalue weighted by atomic mass is 16.3. The van der Waals surface area contributed by atoms with Gasteiger partial charge in [0.05, 0.1) is 23.5 Å². The van der Waals surface area contributed by atoms with Gasteiger partial charge < -0.3 is 14.8 Å². The highest BCUT2D eigenvalue weighted by molar-refractivity contribution is 5.94. The number of benzene rings is 1. The molecule has 7 nitrogen and oxygen atoms in total. The highest BCUT2D eigenvalue weighted by Crippen LogP contribution is 2.28. The first-order valence-electron chi connectivity index (χ1n) is 10.7. The fourth-order valence-electron chi connectivity index (χ4n) is 3.70. The highest BCUT2D eigenvalue weighted by Gasteiger charge is 2.18. The SMILES string of the molecule is C#CCNC(=O)c1ccc2nc(-c3ccc(O)cc3)c(CN(CC)Cc3ccncc3)n2c1. The summed E-state index contributed by atoms with van der Waals surface area (Å²) >= 11 is 0. The molecule has 0 aliphatic carbocycles. The number of pyridine rings is 2. The maximum Gasteiger partial charge on any atom is 0.253 e. The van der Waals surface area contributed by atoms with Crippen LogP contribution >= 0.6 is 0 Å². The Hall–Kier alpha value is -4.15. The molecule has 0 atom stereocenters. The third kappa shape index (κ3) is 5.03. The van der Waals surface area contributed by atoms with Gasteiger partial charge in [-0.3, -0.25) is 14.7 Å². The van der Waals surface area contributed by atoms with E-state index in [0.29, 0.717) is 12.1 Å². The van der Waals surface area contributed by atoms with Gasteiger partial charge in [0, 0.05) is 37.2 Å². The van der Waals surface area contributed by atoms with Crippen LogP contribution in [0, 0.1) is 12.3 Å². The van der Waals surface area contributed by atoms with E-state index in [0.717, 1.165) is 35.7 Å². The first-order chi connectivity index (χ1) is 16.1. The number of rotatable bonds is 8. The molecule has 0 saturated carbocycles. The second-order valence-corrected chi connectivity index (χ2v) is 7.65. The molecular weight excluding hydrogens is 414 g/mol. The quantitative estimate of drug-likeness (QED) is 0.411. The number of nitrogens with zero attached hydrogens (tertiary/aromatic N) is 4. The molecule has 3 aromatic heterocycles. The van der Waals surface area contributed by atoms with E-state index in [9.17, 15) is 9.90 Å². The van der Waals surface area contributed by atoms with Crippen LogP contribution in [0.5, 0.6) is 5.75 Å². The van der Waals surface area contributed by atoms with Gasteiger partial charge in [-0.05, 0) is 60.6 Å². The first-order valence-corrected chi connectivity index (χ1v) is 10.7. The molecular formula is C26H25N5O2. The van der Waals surface area contributed by atoms with Crippen LogP contribution in [0.3, 0.4) is 0 Å². The normalized spacial score (nSPS) is 10.9. The van der Waals surface area contributed by atoms with Crippen LogP contribution in [0.2, 0.25) is 0 Å². The van der Waals surface area contributed by atoms with E-state index in [1.807, 2.05) is 34.7 Å². The van der Waals surface area contributed by atoms with Crippen LogP contribution in [0.25, 0.3) is 16.9 Å². The lowest BCUT2D eigenvalue weighted by atomic mass is 10.1. The zero-order valence-corrected chi connectivity index (χ0v) is 18.4. The lowest BCUT2D eigenvalue weighted by Crippen LogP contribution is -2.25. The zero-order valence-electron chi connectivity index (χ0n) is 18.4. The summed E-state index contributed by atoms with van der Waals surface area (Å²) in [5.74, 6) is 2.39. The average Bonchev–Trinajstić information content (AvgIpc) is 3.20. The minimum Gasteiger partial charge on any atom is -0.508 e. The Bertz CT molecular complexity index is 1290. The molecule has 1 aromatic carbocycles. The van der Waals surface area contributed by atoms with Gasteiger partial charge in [0.2, 0.25) is 0 Å². The lowest BCUT2D eigenvalue weighted by Gasteiger charge is -2.21. The van der Waals surface area contributed by atoms with Gasteiger partial charge in [-0.1, -0.05) is 12.8 Å². The molecule has 0 radical (unpaired) electrons. The minimum absolute atomic E-state index is 0.169. The minimum atomic E-state index is -0.232. The summed E-state index contributed by atoms with van der Waals surface area (Å²) in [6.07, 6.45) is 10.7. The van der Waals surface area contributed by atoms with E-state index in [4.69, 9.17) is 11.4 Å². The Balaban J connectivity index is 1.77. The summed E-state index contributed by atoms with van der Waals surface area (Å²) < 4.78 is 1.96. The van der Waals surface area contributed by atoms with Crippen molar-refractivity contribution in [3.05, 3.63) is 83.9 Å². The molecule has 2 N–H and O–H groups in total. The van der Waals surface area contributed by atoms with Crippen LogP contribution in [-0.2, 0) is 13.1 Å². The summed E-state index contributed by atoms with van der Waals surface area (Å²) in [5.41, 5.74) is 5.07. The number of phenolic OH excluding ortho intramolecular Hbond substituents is 1. The summed E-state index contributed by atoms with van der Waals surface area (Å²) in [5, 5.41) is 12.4. The van der Waals surface area contributed by atoms with Gasteiger partial charge in [-0.15, -0.1) is 6.42 Å². The fraction of sp³-hybridized carbons (Fsp3) is 0.192. The van der Waals surface area contributed by atoms with Crippen LogP contribution in [0.4, 0.5) is 0 Å². The van der Waals surface area contributed by atoms with E-state index < -0.39 is 0 Å². The molecule has 0 saturated heterocycles. The number of phenols is 1. The summed E-state index contributed by atoms with van der Waals surface area (Å²) in [6.45, 7) is 4.48. The van der Waals surface area contributed by atoms with Crippen molar-refractivity contribution < 1.29 is 9.90 Å². The maximum absolute atomic E-state index is 12.5. The molecule has 33 heavy (non-hydrogen) atoms. The predicted octanol–water partition coefficient (Wildman–Crippen LogP) is 3.49. The number of aromatic nitrogens is 3. The van der Waals surface area contributed by atoms with E-state index in [1.54, 1.807) is 36.8 Å². The van der Waals surface area contributed by atoms with Crippen LogP contribution in [0.1, 0.15) is 28.5 Å². The van der Waals surface area contributed by atoms with Crippen molar-refractivity contribution in [2.75, 3.05) is 13.1 Å². The second-order valence-electron chi connectivity index (χ2n) is 7.65. The number of imidazole rings is 1. The third-order valence-electron chi connectivity index (χ3n) is 5.45. The van der Waals surface area contributed by atoms with Crippen molar-refractivity contribution in [2.24, 2.45) is 0 Å². The Morgan fingerprint density at radius 1 is 1.12 bits per heavy atom.